The van der Waals surface area contributed by atoms with Crippen molar-refractivity contribution in [1.29, 1.82) is 5.41 Å². The van der Waals surface area contributed by atoms with Crippen LogP contribution in [-0.4, -0.2) is 43.4 Å². The van der Waals surface area contributed by atoms with E-state index in [1.165, 1.54) is 0 Å². The van der Waals surface area contributed by atoms with E-state index in [0.717, 1.165) is 11.1 Å². The number of carbonyl (C=O) groups is 1. The maximum Gasteiger partial charge on any atom is 0.277 e. The molecule has 3 aromatic heterocycles. The Morgan fingerprint density at radius 2 is 1.81 bits per heavy atom. The minimum atomic E-state index is -0.782. The second-order valence-corrected chi connectivity index (χ2v) is 7.78. The quantitative estimate of drug-likeness (QED) is 0.327. The topological polar surface area (TPSA) is 155 Å². The molecule has 10 nitrogen and oxygen atoms in total. The Labute approximate surface area is 186 Å². The molecule has 5 N–H and O–H groups in total. The first-order chi connectivity index (χ1) is 15.3. The summed E-state index contributed by atoms with van der Waals surface area (Å²) in [4.78, 5) is 25.2. The van der Waals surface area contributed by atoms with Gasteiger partial charge < -0.3 is 16.4 Å². The van der Waals surface area contributed by atoms with Crippen LogP contribution >= 0.6 is 0 Å². The first-order valence-corrected chi connectivity index (χ1v) is 10.3. The van der Waals surface area contributed by atoms with E-state index in [4.69, 9.17) is 11.1 Å². The molecule has 0 aromatic carbocycles. The van der Waals surface area contributed by atoms with E-state index in [0.29, 0.717) is 18.1 Å². The van der Waals surface area contributed by atoms with E-state index in [2.05, 4.69) is 35.8 Å². The fourth-order valence-corrected chi connectivity index (χ4v) is 3.14. The maximum absolute atomic E-state index is 12.7. The van der Waals surface area contributed by atoms with Gasteiger partial charge in [0.15, 0.2) is 5.69 Å². The van der Waals surface area contributed by atoms with Gasteiger partial charge in [-0.15, -0.1) is 10.2 Å². The van der Waals surface area contributed by atoms with Gasteiger partial charge in [0.2, 0.25) is 5.95 Å². The molecule has 0 saturated heterocycles. The van der Waals surface area contributed by atoms with Crippen molar-refractivity contribution in [2.75, 3.05) is 17.6 Å². The molecule has 166 valence electrons. The highest BCUT2D eigenvalue weighted by atomic mass is 16.2. The minimum Gasteiger partial charge on any atom is -0.369 e. The van der Waals surface area contributed by atoms with Crippen LogP contribution in [0.15, 0.2) is 42.9 Å². The molecule has 3 heterocycles. The molecule has 0 aliphatic carbocycles. The van der Waals surface area contributed by atoms with Crippen LogP contribution in [0, 0.1) is 11.3 Å². The first-order valence-electron chi connectivity index (χ1n) is 10.3. The van der Waals surface area contributed by atoms with Crippen molar-refractivity contribution in [1.82, 2.24) is 30.5 Å². The third-order valence-corrected chi connectivity index (χ3v) is 5.50. The van der Waals surface area contributed by atoms with Crippen LogP contribution in [0.4, 0.5) is 11.8 Å². The molecule has 1 unspecified atom stereocenters. The molecule has 0 spiro atoms. The van der Waals surface area contributed by atoms with Gasteiger partial charge in [-0.25, -0.2) is 9.97 Å². The molecule has 3 aromatic rings. The number of amides is 1. The van der Waals surface area contributed by atoms with Gasteiger partial charge in [-0.3, -0.25) is 15.2 Å². The molecule has 0 saturated carbocycles. The zero-order chi connectivity index (χ0) is 23.3. The summed E-state index contributed by atoms with van der Waals surface area (Å²) in [6, 6.07) is 6.99. The predicted molar refractivity (Wildman–Crippen MR) is 123 cm³/mol. The molecule has 1 atom stereocenters. The van der Waals surface area contributed by atoms with Gasteiger partial charge in [-0.2, -0.15) is 0 Å². The van der Waals surface area contributed by atoms with Gasteiger partial charge in [0.1, 0.15) is 11.7 Å². The van der Waals surface area contributed by atoms with Crippen molar-refractivity contribution < 1.29 is 4.79 Å². The number of hydrogen-bond acceptors (Lipinski definition) is 9. The molecule has 1 amide bonds. The summed E-state index contributed by atoms with van der Waals surface area (Å²) in [7, 11) is 0. The van der Waals surface area contributed by atoms with Crippen LogP contribution in [0.5, 0.6) is 0 Å². The van der Waals surface area contributed by atoms with Crippen molar-refractivity contribution in [3.8, 4) is 11.3 Å². The smallest absolute Gasteiger partial charge is 0.277 e. The summed E-state index contributed by atoms with van der Waals surface area (Å²) in [5, 5.41) is 22.3. The third kappa shape index (κ3) is 4.69. The Kier molecular flexibility index (Phi) is 6.72. The fraction of sp³-hybridized carbons (Fsp3) is 0.318. The Morgan fingerprint density at radius 3 is 2.34 bits per heavy atom. The highest BCUT2D eigenvalue weighted by Crippen LogP contribution is 2.33. The standard InChI is InChI=1S/C22H27N9O/c1-5-25-18-9-8-17(30-31-18)19(32)29-20(23)22(4,13(2)3)15-6-7-16(26-12-15)14-10-27-21(24)28-11-14/h6-13H,5H2,1-4H3,(H,25,31)(H2,23,29,32)(H2,24,27,28). The van der Waals surface area contributed by atoms with E-state index in [1.54, 1.807) is 30.7 Å². The second-order valence-electron chi connectivity index (χ2n) is 7.78. The second kappa shape index (κ2) is 9.46. The summed E-state index contributed by atoms with van der Waals surface area (Å²) in [5.41, 5.74) is 7.12. The lowest BCUT2D eigenvalue weighted by Crippen LogP contribution is -2.47. The number of aromatic nitrogens is 5. The number of nitrogens with zero attached hydrogens (tertiary/aromatic N) is 5. The van der Waals surface area contributed by atoms with Crippen molar-refractivity contribution in [3.05, 3.63) is 54.1 Å². The Balaban J connectivity index is 1.81. The number of nitrogens with two attached hydrogens (primary N) is 1. The zero-order valence-electron chi connectivity index (χ0n) is 18.5. The van der Waals surface area contributed by atoms with Crippen LogP contribution in [0.25, 0.3) is 11.3 Å². The van der Waals surface area contributed by atoms with Gasteiger partial charge in [0, 0.05) is 30.7 Å². The van der Waals surface area contributed by atoms with E-state index in [-0.39, 0.29) is 23.4 Å². The predicted octanol–water partition coefficient (Wildman–Crippen LogP) is 2.66. The van der Waals surface area contributed by atoms with Crippen LogP contribution in [0.2, 0.25) is 0 Å². The molecule has 10 heteroatoms. The number of hydrogen-bond donors (Lipinski definition) is 4. The molecule has 0 aliphatic heterocycles. The van der Waals surface area contributed by atoms with Crippen molar-refractivity contribution >= 4 is 23.5 Å². The Morgan fingerprint density at radius 1 is 1.09 bits per heavy atom. The van der Waals surface area contributed by atoms with Gasteiger partial charge in [0.25, 0.3) is 5.91 Å². The van der Waals surface area contributed by atoms with E-state index in [1.807, 2.05) is 39.8 Å². The Bertz CT molecular complexity index is 1080. The first kappa shape index (κ1) is 22.7. The molecular formula is C22H27N9O. The third-order valence-electron chi connectivity index (χ3n) is 5.50. The van der Waals surface area contributed by atoms with Gasteiger partial charge >= 0.3 is 0 Å². The van der Waals surface area contributed by atoms with Crippen LogP contribution in [-0.2, 0) is 5.41 Å². The number of nitrogens with one attached hydrogen (secondary N) is 3. The van der Waals surface area contributed by atoms with Gasteiger partial charge in [-0.05, 0) is 43.5 Å². The minimum absolute atomic E-state index is 0.00465. The highest BCUT2D eigenvalue weighted by molar-refractivity contribution is 6.07. The monoisotopic (exact) mass is 433 g/mol. The summed E-state index contributed by atoms with van der Waals surface area (Å²) in [6.07, 6.45) is 4.92. The number of pyridine rings is 1. The van der Waals surface area contributed by atoms with Crippen molar-refractivity contribution in [3.63, 3.8) is 0 Å². The van der Waals surface area contributed by atoms with Gasteiger partial charge in [0.05, 0.1) is 11.1 Å². The lowest BCUT2D eigenvalue weighted by Gasteiger charge is -2.34. The molecule has 3 rings (SSSR count). The lowest BCUT2D eigenvalue weighted by atomic mass is 9.72. The lowest BCUT2D eigenvalue weighted by molar-refractivity contribution is 0.0968. The van der Waals surface area contributed by atoms with E-state index < -0.39 is 11.3 Å². The van der Waals surface area contributed by atoms with Crippen LogP contribution in [0.1, 0.15) is 43.7 Å². The molecular weight excluding hydrogens is 406 g/mol. The molecule has 0 bridgehead atoms. The van der Waals surface area contributed by atoms with E-state index >= 15 is 0 Å². The summed E-state index contributed by atoms with van der Waals surface area (Å²) >= 11 is 0. The fourth-order valence-electron chi connectivity index (χ4n) is 3.14. The van der Waals surface area contributed by atoms with Gasteiger partial charge in [-0.1, -0.05) is 19.9 Å². The Hall–Kier alpha value is -3.95. The van der Waals surface area contributed by atoms with Crippen molar-refractivity contribution in [2.24, 2.45) is 5.92 Å². The number of carbonyl (C=O) groups excluding carboxylic acids is 1. The number of amidine groups is 1. The number of rotatable bonds is 7. The number of nitrogen functional groups attached to an aromatic ring is 1. The highest BCUT2D eigenvalue weighted by Gasteiger charge is 2.37. The summed E-state index contributed by atoms with van der Waals surface area (Å²) in [5.74, 6) is 0.359. The molecule has 0 radical (unpaired) electrons. The molecule has 0 aliphatic rings. The van der Waals surface area contributed by atoms with Crippen LogP contribution in [0.3, 0.4) is 0 Å². The van der Waals surface area contributed by atoms with Crippen molar-refractivity contribution in [2.45, 2.75) is 33.1 Å². The number of anilines is 2. The molecule has 32 heavy (non-hydrogen) atoms. The molecule has 0 fully saturated rings. The summed E-state index contributed by atoms with van der Waals surface area (Å²) in [6.45, 7) is 8.54. The average Bonchev–Trinajstić information content (AvgIpc) is 2.79. The van der Waals surface area contributed by atoms with E-state index in [9.17, 15) is 4.79 Å². The van der Waals surface area contributed by atoms with Crippen LogP contribution < -0.4 is 16.4 Å². The zero-order valence-corrected chi connectivity index (χ0v) is 18.5. The SMILES string of the molecule is CCNc1ccc(C(=O)NC(=N)C(C)(c2ccc(-c3cnc(N)nc3)nc2)C(C)C)nn1. The maximum atomic E-state index is 12.7. The average molecular weight is 434 g/mol. The summed E-state index contributed by atoms with van der Waals surface area (Å²) < 4.78 is 0. The normalized spacial score (nSPS) is 12.8. The largest absolute Gasteiger partial charge is 0.369 e.